The van der Waals surface area contributed by atoms with Gasteiger partial charge < -0.3 is 5.32 Å². The number of hydrogen-bond acceptors (Lipinski definition) is 3. The minimum absolute atomic E-state index is 0.0645. The Morgan fingerprint density at radius 2 is 1.65 bits per heavy atom. The lowest BCUT2D eigenvalue weighted by molar-refractivity contribution is -0.141. The van der Waals surface area contributed by atoms with E-state index >= 15 is 0 Å². The molecule has 6 nitrogen and oxygen atoms in total. The molecular weight excluding hydrogens is 505 g/mol. The highest BCUT2D eigenvalue weighted by molar-refractivity contribution is 6.30. The lowest BCUT2D eigenvalue weighted by Crippen LogP contribution is -2.32. The normalized spacial score (nSPS) is 12.2. The third-order valence-corrected chi connectivity index (χ3v) is 6.02. The number of carbonyl (C=O) groups excluding carboxylic acids is 2. The number of anilines is 2. The number of likely N-dealkylation sites (N-methyl/N-ethyl adjacent to an activating group) is 1. The number of halogens is 4. The number of nitrogens with zero attached hydrogens (tertiary/aromatic N) is 3. The summed E-state index contributed by atoms with van der Waals surface area (Å²) < 4.78 is 41.4. The van der Waals surface area contributed by atoms with Gasteiger partial charge >= 0.3 is 6.18 Å². The van der Waals surface area contributed by atoms with Gasteiger partial charge in [-0.3, -0.25) is 14.5 Å². The third kappa shape index (κ3) is 5.83. The molecule has 37 heavy (non-hydrogen) atoms. The number of amides is 2. The average molecular weight is 527 g/mol. The van der Waals surface area contributed by atoms with Crippen molar-refractivity contribution < 1.29 is 22.8 Å². The Balaban J connectivity index is 1.57. The molecule has 0 bridgehead atoms. The first-order chi connectivity index (χ1) is 17.5. The first kappa shape index (κ1) is 26.0. The molecule has 0 aliphatic rings. The van der Waals surface area contributed by atoms with Crippen molar-refractivity contribution in [1.82, 2.24) is 9.78 Å². The zero-order valence-electron chi connectivity index (χ0n) is 19.8. The van der Waals surface area contributed by atoms with Crippen molar-refractivity contribution in [2.45, 2.75) is 19.0 Å². The average Bonchev–Trinajstić information content (AvgIpc) is 3.34. The second kappa shape index (κ2) is 10.5. The summed E-state index contributed by atoms with van der Waals surface area (Å²) in [5, 5.41) is 6.78. The van der Waals surface area contributed by atoms with Crippen LogP contribution in [0.2, 0.25) is 5.02 Å². The molecule has 4 aromatic rings. The van der Waals surface area contributed by atoms with E-state index in [2.05, 4.69) is 10.4 Å². The lowest BCUT2D eigenvalue weighted by atomic mass is 9.98. The molecular formula is C27H22ClF3N4O2. The van der Waals surface area contributed by atoms with E-state index in [4.69, 9.17) is 11.6 Å². The molecule has 3 aromatic carbocycles. The van der Waals surface area contributed by atoms with Gasteiger partial charge in [-0.2, -0.15) is 18.3 Å². The zero-order chi connectivity index (χ0) is 26.7. The smallest absolute Gasteiger partial charge is 0.322 e. The van der Waals surface area contributed by atoms with E-state index in [9.17, 15) is 22.8 Å². The van der Waals surface area contributed by atoms with Gasteiger partial charge in [-0.25, -0.2) is 4.68 Å². The predicted octanol–water partition coefficient (Wildman–Crippen LogP) is 6.56. The molecule has 1 aromatic heterocycles. The van der Waals surface area contributed by atoms with Crippen molar-refractivity contribution in [1.29, 1.82) is 0 Å². The Kier molecular flexibility index (Phi) is 7.35. The number of nitrogens with one attached hydrogen (secondary N) is 1. The molecule has 0 saturated heterocycles. The molecule has 0 fully saturated rings. The summed E-state index contributed by atoms with van der Waals surface area (Å²) in [5.41, 5.74) is 0.784. The first-order valence-corrected chi connectivity index (χ1v) is 11.6. The fourth-order valence-electron chi connectivity index (χ4n) is 3.74. The van der Waals surface area contributed by atoms with E-state index in [-0.39, 0.29) is 17.4 Å². The van der Waals surface area contributed by atoms with Gasteiger partial charge in [-0.15, -0.1) is 0 Å². The molecule has 10 heteroatoms. The molecule has 0 aliphatic carbocycles. The Bertz CT molecular complexity index is 1420. The van der Waals surface area contributed by atoms with Gasteiger partial charge in [-0.05, 0) is 55.0 Å². The van der Waals surface area contributed by atoms with Crippen LogP contribution in [0.15, 0.2) is 84.9 Å². The van der Waals surface area contributed by atoms with Crippen LogP contribution < -0.4 is 10.2 Å². The molecule has 1 unspecified atom stereocenters. The van der Waals surface area contributed by atoms with Crippen molar-refractivity contribution in [2.75, 3.05) is 17.3 Å². The van der Waals surface area contributed by atoms with Gasteiger partial charge in [0.1, 0.15) is 5.82 Å². The molecule has 0 spiro atoms. The molecule has 1 heterocycles. The Morgan fingerprint density at radius 1 is 0.973 bits per heavy atom. The minimum atomic E-state index is -4.70. The number of hydrogen-bond donors (Lipinski definition) is 1. The van der Waals surface area contributed by atoms with Crippen LogP contribution in [-0.4, -0.2) is 28.6 Å². The summed E-state index contributed by atoms with van der Waals surface area (Å²) in [4.78, 5) is 26.9. The van der Waals surface area contributed by atoms with Crippen molar-refractivity contribution >= 4 is 34.9 Å². The Morgan fingerprint density at radius 3 is 2.27 bits per heavy atom. The van der Waals surface area contributed by atoms with E-state index in [1.165, 1.54) is 13.1 Å². The predicted molar refractivity (Wildman–Crippen MR) is 136 cm³/mol. The second-order valence-electron chi connectivity index (χ2n) is 8.34. The van der Waals surface area contributed by atoms with Crippen LogP contribution in [0.1, 0.15) is 34.5 Å². The van der Waals surface area contributed by atoms with Crippen LogP contribution >= 0.6 is 11.6 Å². The molecule has 0 radical (unpaired) electrons. The molecule has 0 aliphatic heterocycles. The highest BCUT2D eigenvalue weighted by Gasteiger charge is 2.36. The molecule has 1 N–H and O–H groups in total. The molecule has 1 atom stereocenters. The first-order valence-electron chi connectivity index (χ1n) is 11.2. The van der Waals surface area contributed by atoms with Crippen LogP contribution in [-0.2, 0) is 11.0 Å². The van der Waals surface area contributed by atoms with E-state index in [0.29, 0.717) is 21.8 Å². The maximum atomic E-state index is 13.5. The largest absolute Gasteiger partial charge is 0.435 e. The van der Waals surface area contributed by atoms with Crippen LogP contribution in [0.25, 0.3) is 5.69 Å². The summed E-state index contributed by atoms with van der Waals surface area (Å²) in [7, 11) is 1.39. The van der Waals surface area contributed by atoms with Crippen molar-refractivity contribution in [3.63, 3.8) is 0 Å². The van der Waals surface area contributed by atoms with Gasteiger partial charge in [0.2, 0.25) is 5.91 Å². The van der Waals surface area contributed by atoms with E-state index in [1.807, 2.05) is 6.07 Å². The summed E-state index contributed by atoms with van der Waals surface area (Å²) in [6.07, 6.45) is -4.70. The third-order valence-electron chi connectivity index (χ3n) is 5.78. The van der Waals surface area contributed by atoms with E-state index < -0.39 is 23.7 Å². The monoisotopic (exact) mass is 526 g/mol. The van der Waals surface area contributed by atoms with Gasteiger partial charge in [-0.1, -0.05) is 48.0 Å². The van der Waals surface area contributed by atoms with Crippen LogP contribution in [0, 0.1) is 0 Å². The van der Waals surface area contributed by atoms with Crippen LogP contribution in [0.4, 0.5) is 24.7 Å². The van der Waals surface area contributed by atoms with Crippen molar-refractivity contribution in [3.05, 3.63) is 107 Å². The summed E-state index contributed by atoms with van der Waals surface area (Å²) in [6, 6.07) is 22.4. The van der Waals surface area contributed by atoms with Crippen molar-refractivity contribution in [2.24, 2.45) is 0 Å². The van der Waals surface area contributed by atoms with Gasteiger partial charge in [0.25, 0.3) is 5.91 Å². The topological polar surface area (TPSA) is 67.2 Å². The summed E-state index contributed by atoms with van der Waals surface area (Å²) in [5.74, 6) is -1.55. The zero-order valence-corrected chi connectivity index (χ0v) is 20.6. The van der Waals surface area contributed by atoms with Gasteiger partial charge in [0.15, 0.2) is 5.69 Å². The number of para-hydroxylation sites is 1. The fourth-order valence-corrected chi connectivity index (χ4v) is 3.92. The molecule has 4 rings (SSSR count). The fraction of sp³-hybridized carbons (Fsp3) is 0.148. The van der Waals surface area contributed by atoms with Gasteiger partial charge in [0, 0.05) is 29.4 Å². The van der Waals surface area contributed by atoms with E-state index in [0.717, 1.165) is 15.6 Å². The molecule has 0 saturated carbocycles. The number of aromatic nitrogens is 2. The van der Waals surface area contributed by atoms with Crippen LogP contribution in [0.5, 0.6) is 0 Å². The molecule has 190 valence electrons. The summed E-state index contributed by atoms with van der Waals surface area (Å²) in [6.45, 7) is 1.64. The Labute approximate surface area is 216 Å². The van der Waals surface area contributed by atoms with E-state index in [1.54, 1.807) is 73.7 Å². The van der Waals surface area contributed by atoms with Gasteiger partial charge in [0.05, 0.1) is 11.6 Å². The Hall–Kier alpha value is -4.11. The maximum Gasteiger partial charge on any atom is 0.435 e. The summed E-state index contributed by atoms with van der Waals surface area (Å²) >= 11 is 6.02. The standard InChI is InChI=1S/C27H22ClF3N4O2/c1-17(18-11-13-19(14-12-18)25(36)32-21-8-4-3-5-9-21)26(37)34(2)24-16-23(27(29,30)31)33-35(24)22-10-6-7-20(28)15-22/h3-17H,1-2H3,(H,32,36). The highest BCUT2D eigenvalue weighted by atomic mass is 35.5. The number of carbonyl (C=O) groups is 2. The highest BCUT2D eigenvalue weighted by Crippen LogP contribution is 2.33. The molecule has 2 amide bonds. The van der Waals surface area contributed by atoms with Crippen LogP contribution in [0.3, 0.4) is 0 Å². The number of rotatable bonds is 6. The second-order valence-corrected chi connectivity index (χ2v) is 8.77. The lowest BCUT2D eigenvalue weighted by Gasteiger charge is -2.22. The maximum absolute atomic E-state index is 13.5. The number of alkyl halides is 3. The minimum Gasteiger partial charge on any atom is -0.322 e. The van der Waals surface area contributed by atoms with Crippen molar-refractivity contribution in [3.8, 4) is 5.69 Å². The number of benzene rings is 3. The quantitative estimate of drug-likeness (QED) is 0.309. The SMILES string of the molecule is CC(C(=O)N(C)c1cc(C(F)(F)F)nn1-c1cccc(Cl)c1)c1ccc(C(=O)Nc2ccccc2)cc1.